The molecule has 0 aliphatic carbocycles. The summed E-state index contributed by atoms with van der Waals surface area (Å²) in [5.41, 5.74) is 3.08. The SMILES string of the molecule is Cc1[nH]c2ccc(F)cc2c1C(=O)NCCCc1ccc(O)cc1. The second kappa shape index (κ2) is 6.74. The molecular weight excluding hydrogens is 307 g/mol. The molecule has 0 radical (unpaired) electrons. The lowest BCUT2D eigenvalue weighted by Crippen LogP contribution is -2.25. The van der Waals surface area contributed by atoms with Gasteiger partial charge in [0.15, 0.2) is 0 Å². The van der Waals surface area contributed by atoms with E-state index >= 15 is 0 Å². The highest BCUT2D eigenvalue weighted by molar-refractivity contribution is 6.08. The Kier molecular flexibility index (Phi) is 4.51. The minimum atomic E-state index is -0.358. The average Bonchev–Trinajstić information content (AvgIpc) is 2.88. The first-order valence-corrected chi connectivity index (χ1v) is 7.88. The summed E-state index contributed by atoms with van der Waals surface area (Å²) in [7, 11) is 0. The van der Waals surface area contributed by atoms with Crippen molar-refractivity contribution < 1.29 is 14.3 Å². The fourth-order valence-corrected chi connectivity index (χ4v) is 2.84. The molecule has 5 heteroatoms. The van der Waals surface area contributed by atoms with Crippen LogP contribution in [0.4, 0.5) is 4.39 Å². The Balaban J connectivity index is 1.62. The molecule has 1 heterocycles. The molecule has 2 aromatic carbocycles. The number of aryl methyl sites for hydroxylation is 2. The van der Waals surface area contributed by atoms with Gasteiger partial charge in [0.2, 0.25) is 0 Å². The van der Waals surface area contributed by atoms with Gasteiger partial charge >= 0.3 is 0 Å². The van der Waals surface area contributed by atoms with E-state index in [1.54, 1.807) is 18.2 Å². The van der Waals surface area contributed by atoms with Crippen LogP contribution in [0.25, 0.3) is 10.9 Å². The van der Waals surface area contributed by atoms with Crippen LogP contribution < -0.4 is 5.32 Å². The number of carbonyl (C=O) groups is 1. The number of amides is 1. The van der Waals surface area contributed by atoms with Crippen molar-refractivity contribution >= 4 is 16.8 Å². The molecule has 0 aliphatic rings. The molecule has 0 bridgehead atoms. The zero-order valence-electron chi connectivity index (χ0n) is 13.4. The standard InChI is InChI=1S/C19H19FN2O2/c1-12-18(16-11-14(20)6-9-17(16)22-12)19(24)21-10-2-3-13-4-7-15(23)8-5-13/h4-9,11,22-23H,2-3,10H2,1H3,(H,21,24). The number of phenols is 1. The molecule has 0 spiro atoms. The Bertz CT molecular complexity index is 869. The number of aromatic hydroxyl groups is 1. The van der Waals surface area contributed by atoms with Crippen molar-refractivity contribution in [1.29, 1.82) is 0 Å². The first kappa shape index (κ1) is 16.1. The lowest BCUT2D eigenvalue weighted by Gasteiger charge is -2.06. The van der Waals surface area contributed by atoms with Gasteiger partial charge in [-0.3, -0.25) is 4.79 Å². The van der Waals surface area contributed by atoms with Gasteiger partial charge in [-0.25, -0.2) is 4.39 Å². The van der Waals surface area contributed by atoms with Gasteiger partial charge in [-0.2, -0.15) is 0 Å². The third-order valence-electron chi connectivity index (χ3n) is 4.04. The summed E-state index contributed by atoms with van der Waals surface area (Å²) in [6, 6.07) is 11.4. The topological polar surface area (TPSA) is 65.1 Å². The van der Waals surface area contributed by atoms with Crippen LogP contribution in [0.5, 0.6) is 5.75 Å². The van der Waals surface area contributed by atoms with Crippen molar-refractivity contribution in [2.75, 3.05) is 6.54 Å². The summed E-state index contributed by atoms with van der Waals surface area (Å²) in [6.07, 6.45) is 1.59. The van der Waals surface area contributed by atoms with Gasteiger partial charge in [0.25, 0.3) is 5.91 Å². The van der Waals surface area contributed by atoms with Crippen LogP contribution in [0.3, 0.4) is 0 Å². The zero-order valence-corrected chi connectivity index (χ0v) is 13.4. The van der Waals surface area contributed by atoms with Gasteiger partial charge in [0.1, 0.15) is 11.6 Å². The van der Waals surface area contributed by atoms with E-state index in [0.29, 0.717) is 17.5 Å². The molecule has 0 fully saturated rings. The summed E-state index contributed by atoms with van der Waals surface area (Å²) in [4.78, 5) is 15.5. The number of halogens is 1. The molecule has 124 valence electrons. The molecule has 0 aliphatic heterocycles. The molecule has 3 N–H and O–H groups in total. The number of fused-ring (bicyclic) bond motifs is 1. The fraction of sp³-hybridized carbons (Fsp3) is 0.211. The molecular formula is C19H19FN2O2. The third-order valence-corrected chi connectivity index (χ3v) is 4.04. The van der Waals surface area contributed by atoms with Crippen molar-refractivity contribution in [2.24, 2.45) is 0 Å². The molecule has 0 atom stereocenters. The molecule has 1 amide bonds. The summed E-state index contributed by atoms with van der Waals surface area (Å²) in [5.74, 6) is -0.313. The van der Waals surface area contributed by atoms with E-state index in [0.717, 1.165) is 29.6 Å². The molecule has 3 aromatic rings. The van der Waals surface area contributed by atoms with Crippen molar-refractivity contribution in [2.45, 2.75) is 19.8 Å². The number of benzene rings is 2. The van der Waals surface area contributed by atoms with E-state index in [-0.39, 0.29) is 17.5 Å². The van der Waals surface area contributed by atoms with E-state index in [4.69, 9.17) is 0 Å². The van der Waals surface area contributed by atoms with Crippen molar-refractivity contribution in [3.05, 3.63) is 65.1 Å². The molecule has 0 saturated carbocycles. The summed E-state index contributed by atoms with van der Waals surface area (Å²) >= 11 is 0. The van der Waals surface area contributed by atoms with Crippen LogP contribution in [-0.2, 0) is 6.42 Å². The van der Waals surface area contributed by atoms with E-state index in [1.165, 1.54) is 12.1 Å². The first-order valence-electron chi connectivity index (χ1n) is 7.88. The van der Waals surface area contributed by atoms with Crippen molar-refractivity contribution in [3.8, 4) is 5.75 Å². The molecule has 0 unspecified atom stereocenters. The summed E-state index contributed by atoms with van der Waals surface area (Å²) in [6.45, 7) is 2.34. The highest BCUT2D eigenvalue weighted by Gasteiger charge is 2.16. The highest BCUT2D eigenvalue weighted by atomic mass is 19.1. The minimum Gasteiger partial charge on any atom is -0.508 e. The van der Waals surface area contributed by atoms with E-state index < -0.39 is 0 Å². The molecule has 1 aromatic heterocycles. The predicted molar refractivity (Wildman–Crippen MR) is 91.8 cm³/mol. The van der Waals surface area contributed by atoms with Gasteiger partial charge in [-0.1, -0.05) is 12.1 Å². The minimum absolute atomic E-state index is 0.199. The van der Waals surface area contributed by atoms with E-state index in [2.05, 4.69) is 10.3 Å². The molecule has 4 nitrogen and oxygen atoms in total. The largest absolute Gasteiger partial charge is 0.508 e. The maximum absolute atomic E-state index is 13.4. The smallest absolute Gasteiger partial charge is 0.253 e. The van der Waals surface area contributed by atoms with Crippen molar-refractivity contribution in [3.63, 3.8) is 0 Å². The Morgan fingerprint density at radius 1 is 1.21 bits per heavy atom. The number of aromatic amines is 1. The highest BCUT2D eigenvalue weighted by Crippen LogP contribution is 2.23. The van der Waals surface area contributed by atoms with Gasteiger partial charge in [0.05, 0.1) is 5.56 Å². The molecule has 3 rings (SSSR count). The van der Waals surface area contributed by atoms with E-state index in [9.17, 15) is 14.3 Å². The van der Waals surface area contributed by atoms with Crippen LogP contribution >= 0.6 is 0 Å². The Morgan fingerprint density at radius 2 is 1.96 bits per heavy atom. The Hall–Kier alpha value is -2.82. The third kappa shape index (κ3) is 3.40. The second-order valence-electron chi connectivity index (χ2n) is 5.84. The number of nitrogens with one attached hydrogen (secondary N) is 2. The number of hydrogen-bond donors (Lipinski definition) is 3. The maximum Gasteiger partial charge on any atom is 0.253 e. The van der Waals surface area contributed by atoms with E-state index in [1.807, 2.05) is 19.1 Å². The fourth-order valence-electron chi connectivity index (χ4n) is 2.84. The lowest BCUT2D eigenvalue weighted by atomic mass is 10.1. The van der Waals surface area contributed by atoms with Crippen LogP contribution in [0, 0.1) is 12.7 Å². The van der Waals surface area contributed by atoms with Gasteiger partial charge < -0.3 is 15.4 Å². The number of aromatic nitrogens is 1. The number of carbonyl (C=O) groups excluding carboxylic acids is 1. The predicted octanol–water partition coefficient (Wildman–Crippen LogP) is 3.68. The van der Waals surface area contributed by atoms with Crippen LogP contribution in [0.15, 0.2) is 42.5 Å². The molecule has 0 saturated heterocycles. The van der Waals surface area contributed by atoms with Gasteiger partial charge in [0, 0.05) is 23.1 Å². The van der Waals surface area contributed by atoms with Gasteiger partial charge in [-0.15, -0.1) is 0 Å². The van der Waals surface area contributed by atoms with Crippen molar-refractivity contribution in [1.82, 2.24) is 10.3 Å². The zero-order chi connectivity index (χ0) is 17.1. The first-order chi connectivity index (χ1) is 11.5. The average molecular weight is 326 g/mol. The number of hydrogen-bond acceptors (Lipinski definition) is 2. The second-order valence-corrected chi connectivity index (χ2v) is 5.84. The van der Waals surface area contributed by atoms with Gasteiger partial charge in [-0.05, 0) is 55.7 Å². The molecule has 24 heavy (non-hydrogen) atoms. The Labute approximate surface area is 139 Å². The quantitative estimate of drug-likeness (QED) is 0.626. The van der Waals surface area contributed by atoms with Crippen LogP contribution in [0.1, 0.15) is 28.0 Å². The Morgan fingerprint density at radius 3 is 2.71 bits per heavy atom. The monoisotopic (exact) mass is 326 g/mol. The maximum atomic E-state index is 13.4. The number of rotatable bonds is 5. The lowest BCUT2D eigenvalue weighted by molar-refractivity contribution is 0.0954. The summed E-state index contributed by atoms with van der Waals surface area (Å²) < 4.78 is 13.4. The number of H-pyrrole nitrogens is 1. The normalized spacial score (nSPS) is 10.9. The summed E-state index contributed by atoms with van der Waals surface area (Å²) in [5, 5.41) is 12.7. The van der Waals surface area contributed by atoms with Crippen LogP contribution in [-0.4, -0.2) is 22.5 Å². The van der Waals surface area contributed by atoms with Crippen LogP contribution in [0.2, 0.25) is 0 Å². The number of phenolic OH excluding ortho intramolecular Hbond substituents is 1.